The lowest BCUT2D eigenvalue weighted by atomic mass is 10.00. The monoisotopic (exact) mass is 191 g/mol. The molecule has 0 atom stereocenters. The molecule has 74 valence electrons. The van der Waals surface area contributed by atoms with Gasteiger partial charge >= 0.3 is 5.97 Å². The van der Waals surface area contributed by atoms with Crippen LogP contribution in [0, 0.1) is 0 Å². The first-order valence-corrected chi connectivity index (χ1v) is 4.97. The highest BCUT2D eigenvalue weighted by Gasteiger charge is 2.20. The summed E-state index contributed by atoms with van der Waals surface area (Å²) < 4.78 is 0. The van der Waals surface area contributed by atoms with Crippen LogP contribution >= 0.6 is 0 Å². The Balaban J connectivity index is 2.59. The van der Waals surface area contributed by atoms with Crippen molar-refractivity contribution in [3.63, 3.8) is 0 Å². The van der Waals surface area contributed by atoms with Gasteiger partial charge in [-0.25, -0.2) is 4.79 Å². The van der Waals surface area contributed by atoms with Crippen LogP contribution in [-0.2, 0) is 19.3 Å². The van der Waals surface area contributed by atoms with Gasteiger partial charge in [0.15, 0.2) is 0 Å². The number of carboxylic acids is 1. The lowest BCUT2D eigenvalue weighted by Crippen LogP contribution is -2.07. The number of nitrogens with zero attached hydrogens (tertiary/aromatic N) is 1. The van der Waals surface area contributed by atoms with Crippen molar-refractivity contribution >= 4 is 5.97 Å². The van der Waals surface area contributed by atoms with E-state index in [4.69, 9.17) is 5.11 Å². The molecule has 0 bridgehead atoms. The summed E-state index contributed by atoms with van der Waals surface area (Å²) in [7, 11) is 0. The fraction of sp³-hybridized carbons (Fsp3) is 0.455. The second-order valence-corrected chi connectivity index (χ2v) is 3.59. The topological polar surface area (TPSA) is 50.2 Å². The smallest absolute Gasteiger partial charge is 0.337 e. The normalized spacial score (nSPS) is 14.1. The zero-order chi connectivity index (χ0) is 10.1. The molecule has 0 aromatic carbocycles. The molecule has 1 heterocycles. The van der Waals surface area contributed by atoms with E-state index in [9.17, 15) is 4.79 Å². The molecule has 2 rings (SSSR count). The second kappa shape index (κ2) is 3.40. The lowest BCUT2D eigenvalue weighted by molar-refractivity contribution is 0.0695. The van der Waals surface area contributed by atoms with E-state index in [1.807, 2.05) is 6.92 Å². The molecular formula is C11H13NO2. The van der Waals surface area contributed by atoms with Crippen molar-refractivity contribution in [3.8, 4) is 0 Å². The van der Waals surface area contributed by atoms with Crippen LogP contribution in [0.2, 0.25) is 0 Å². The van der Waals surface area contributed by atoms with Crippen LogP contribution in [0.5, 0.6) is 0 Å². The maximum Gasteiger partial charge on any atom is 0.337 e. The van der Waals surface area contributed by atoms with Crippen molar-refractivity contribution in [2.45, 2.75) is 32.6 Å². The van der Waals surface area contributed by atoms with Gasteiger partial charge in [-0.1, -0.05) is 6.92 Å². The van der Waals surface area contributed by atoms with E-state index in [2.05, 4.69) is 4.98 Å². The van der Waals surface area contributed by atoms with Crippen LogP contribution < -0.4 is 0 Å². The standard InChI is InChI=1S/C11H13NO2/c1-2-7-8-4-3-5-10(8)12-6-9(7)11(13)14/h6H,2-5H2,1H3,(H,13,14). The number of carbonyl (C=O) groups is 1. The molecule has 3 heteroatoms. The van der Waals surface area contributed by atoms with Gasteiger partial charge in [0.1, 0.15) is 0 Å². The third-order valence-electron chi connectivity index (χ3n) is 2.81. The van der Waals surface area contributed by atoms with Crippen molar-refractivity contribution in [1.29, 1.82) is 0 Å². The van der Waals surface area contributed by atoms with E-state index in [0.29, 0.717) is 5.56 Å². The Morgan fingerprint density at radius 3 is 3.00 bits per heavy atom. The van der Waals surface area contributed by atoms with Gasteiger partial charge in [0.2, 0.25) is 0 Å². The molecule has 0 unspecified atom stereocenters. The summed E-state index contributed by atoms with van der Waals surface area (Å²) >= 11 is 0. The quantitative estimate of drug-likeness (QED) is 0.775. The van der Waals surface area contributed by atoms with Gasteiger partial charge in [-0.15, -0.1) is 0 Å². The number of fused-ring (bicyclic) bond motifs is 1. The van der Waals surface area contributed by atoms with E-state index >= 15 is 0 Å². The first-order valence-electron chi connectivity index (χ1n) is 4.97. The average molecular weight is 191 g/mol. The molecule has 1 aromatic rings. The number of aryl methyl sites for hydroxylation is 1. The zero-order valence-electron chi connectivity index (χ0n) is 8.21. The Hall–Kier alpha value is -1.38. The Morgan fingerprint density at radius 1 is 1.57 bits per heavy atom. The highest BCUT2D eigenvalue weighted by Crippen LogP contribution is 2.26. The van der Waals surface area contributed by atoms with Crippen molar-refractivity contribution in [1.82, 2.24) is 4.98 Å². The molecule has 0 amide bonds. The van der Waals surface area contributed by atoms with Crippen LogP contribution in [0.1, 0.15) is 40.5 Å². The van der Waals surface area contributed by atoms with Crippen LogP contribution in [0.3, 0.4) is 0 Å². The number of hydrogen-bond acceptors (Lipinski definition) is 2. The summed E-state index contributed by atoms with van der Waals surface area (Å²) in [6.45, 7) is 2.00. The molecule has 0 saturated carbocycles. The van der Waals surface area contributed by atoms with Gasteiger partial charge in [-0.3, -0.25) is 4.98 Å². The number of rotatable bonds is 2. The van der Waals surface area contributed by atoms with E-state index in [1.165, 1.54) is 11.8 Å². The van der Waals surface area contributed by atoms with Crippen molar-refractivity contribution in [3.05, 3.63) is 28.6 Å². The molecule has 1 aromatic heterocycles. The van der Waals surface area contributed by atoms with Crippen LogP contribution in [0.4, 0.5) is 0 Å². The number of hydrogen-bond donors (Lipinski definition) is 1. The van der Waals surface area contributed by atoms with Gasteiger partial charge in [0.25, 0.3) is 0 Å². The van der Waals surface area contributed by atoms with Gasteiger partial charge < -0.3 is 5.11 Å². The minimum Gasteiger partial charge on any atom is -0.478 e. The molecule has 0 saturated heterocycles. The number of aromatic nitrogens is 1. The number of aromatic carboxylic acids is 1. The molecule has 0 radical (unpaired) electrons. The summed E-state index contributed by atoms with van der Waals surface area (Å²) in [6.07, 6.45) is 5.39. The van der Waals surface area contributed by atoms with Crippen molar-refractivity contribution in [2.75, 3.05) is 0 Å². The third-order valence-corrected chi connectivity index (χ3v) is 2.81. The van der Waals surface area contributed by atoms with E-state index in [0.717, 1.165) is 36.9 Å². The van der Waals surface area contributed by atoms with E-state index < -0.39 is 5.97 Å². The largest absolute Gasteiger partial charge is 0.478 e. The summed E-state index contributed by atoms with van der Waals surface area (Å²) in [5.41, 5.74) is 3.66. The first kappa shape index (κ1) is 9.19. The Kier molecular flexibility index (Phi) is 2.23. The summed E-state index contributed by atoms with van der Waals surface area (Å²) in [4.78, 5) is 15.1. The lowest BCUT2D eigenvalue weighted by Gasteiger charge is -2.08. The van der Waals surface area contributed by atoms with Gasteiger partial charge in [-0.2, -0.15) is 0 Å². The molecule has 1 aliphatic rings. The minimum atomic E-state index is -0.857. The molecule has 3 nitrogen and oxygen atoms in total. The second-order valence-electron chi connectivity index (χ2n) is 3.59. The summed E-state index contributed by atoms with van der Waals surface area (Å²) in [5, 5.41) is 8.99. The zero-order valence-corrected chi connectivity index (χ0v) is 8.21. The fourth-order valence-corrected chi connectivity index (χ4v) is 2.17. The molecule has 14 heavy (non-hydrogen) atoms. The van der Waals surface area contributed by atoms with E-state index in [1.54, 1.807) is 0 Å². The van der Waals surface area contributed by atoms with Gasteiger partial charge in [-0.05, 0) is 36.8 Å². The molecule has 1 N–H and O–H groups in total. The van der Waals surface area contributed by atoms with Gasteiger partial charge in [0.05, 0.1) is 5.56 Å². The predicted octanol–water partition coefficient (Wildman–Crippen LogP) is 1.83. The molecule has 0 spiro atoms. The van der Waals surface area contributed by atoms with Crippen molar-refractivity contribution < 1.29 is 9.90 Å². The molecule has 0 fully saturated rings. The third kappa shape index (κ3) is 1.29. The highest BCUT2D eigenvalue weighted by atomic mass is 16.4. The first-order chi connectivity index (χ1) is 6.74. The average Bonchev–Trinajstić information content (AvgIpc) is 2.63. The Morgan fingerprint density at radius 2 is 2.36 bits per heavy atom. The van der Waals surface area contributed by atoms with Crippen LogP contribution in [0.15, 0.2) is 6.20 Å². The maximum atomic E-state index is 10.9. The van der Waals surface area contributed by atoms with Crippen LogP contribution in [0.25, 0.3) is 0 Å². The Labute approximate surface area is 82.8 Å². The van der Waals surface area contributed by atoms with Gasteiger partial charge in [0, 0.05) is 11.9 Å². The Bertz CT molecular complexity index is 385. The predicted molar refractivity (Wildman–Crippen MR) is 52.6 cm³/mol. The highest BCUT2D eigenvalue weighted by molar-refractivity contribution is 5.89. The SMILES string of the molecule is CCc1c(C(=O)O)cnc2c1CCC2. The number of pyridine rings is 1. The summed E-state index contributed by atoms with van der Waals surface area (Å²) in [5.74, 6) is -0.857. The molecular weight excluding hydrogens is 178 g/mol. The molecule has 0 aliphatic heterocycles. The number of carboxylic acid groups (broad SMARTS) is 1. The maximum absolute atomic E-state index is 10.9. The van der Waals surface area contributed by atoms with Crippen LogP contribution in [-0.4, -0.2) is 16.1 Å². The van der Waals surface area contributed by atoms with E-state index in [-0.39, 0.29) is 0 Å². The minimum absolute atomic E-state index is 0.383. The summed E-state index contributed by atoms with van der Waals surface area (Å²) in [6, 6.07) is 0. The molecule has 1 aliphatic carbocycles. The fourth-order valence-electron chi connectivity index (χ4n) is 2.17. The van der Waals surface area contributed by atoms with Crippen molar-refractivity contribution in [2.24, 2.45) is 0 Å².